The molecule has 1 atom stereocenters. The topological polar surface area (TPSA) is 71.5 Å². The van der Waals surface area contributed by atoms with Gasteiger partial charge in [-0.2, -0.15) is 0 Å². The summed E-state index contributed by atoms with van der Waals surface area (Å²) in [5, 5.41) is 3.38. The molecule has 2 heterocycles. The first-order valence-electron chi connectivity index (χ1n) is 9.19. The second-order valence-corrected chi connectivity index (χ2v) is 8.05. The fourth-order valence-electron chi connectivity index (χ4n) is 3.17. The Morgan fingerprint density at radius 1 is 1.34 bits per heavy atom. The van der Waals surface area contributed by atoms with Gasteiger partial charge in [0.25, 0.3) is 0 Å². The number of hydrogen-bond donors (Lipinski definition) is 1. The number of nitrogens with one attached hydrogen (secondary N) is 1. The number of anilines is 1. The van der Waals surface area contributed by atoms with Crippen LogP contribution in [0.1, 0.15) is 18.4 Å². The first-order valence-corrected chi connectivity index (χ1v) is 10.4. The van der Waals surface area contributed by atoms with Crippen LogP contribution in [0.25, 0.3) is 6.08 Å². The maximum atomic E-state index is 12.6. The van der Waals surface area contributed by atoms with Crippen LogP contribution in [0.3, 0.4) is 0 Å². The van der Waals surface area contributed by atoms with Crippen LogP contribution in [0.2, 0.25) is 5.02 Å². The molecule has 2 amide bonds. The minimum absolute atomic E-state index is 0.127. The Kier molecular flexibility index (Phi) is 7.28. The van der Waals surface area contributed by atoms with E-state index >= 15 is 0 Å². The van der Waals surface area contributed by atoms with Crippen molar-refractivity contribution >= 4 is 51.2 Å². The van der Waals surface area contributed by atoms with Crippen LogP contribution in [0, 0.1) is 5.92 Å². The minimum atomic E-state index is -0.271. The summed E-state index contributed by atoms with van der Waals surface area (Å²) in [6.07, 6.45) is 6.30. The molecule has 0 aliphatic carbocycles. The van der Waals surface area contributed by atoms with Crippen LogP contribution in [0.15, 0.2) is 47.1 Å². The van der Waals surface area contributed by atoms with Gasteiger partial charge >= 0.3 is 0 Å². The summed E-state index contributed by atoms with van der Waals surface area (Å²) in [7, 11) is 1.57. The molecule has 152 valence electrons. The predicted molar refractivity (Wildman–Crippen MR) is 117 cm³/mol. The summed E-state index contributed by atoms with van der Waals surface area (Å²) in [5.41, 5.74) is 0.723. The van der Waals surface area contributed by atoms with Crippen molar-refractivity contribution in [3.63, 3.8) is 0 Å². The molecule has 8 heteroatoms. The Labute approximate surface area is 183 Å². The molecule has 2 aromatic rings. The van der Waals surface area contributed by atoms with E-state index in [2.05, 4.69) is 26.2 Å². The highest BCUT2D eigenvalue weighted by molar-refractivity contribution is 9.10. The van der Waals surface area contributed by atoms with Gasteiger partial charge in [-0.05, 0) is 65.2 Å². The van der Waals surface area contributed by atoms with Gasteiger partial charge < -0.3 is 15.0 Å². The molecule has 1 N–H and O–H groups in total. The smallest absolute Gasteiger partial charge is 0.246 e. The van der Waals surface area contributed by atoms with Gasteiger partial charge in [0.15, 0.2) is 0 Å². The molecule has 1 aliphatic rings. The SMILES string of the molecule is COc1ccc(Cl)cc1C=CC(=O)N1CCCC(C(=O)Nc2ccc(Br)cn2)C1. The van der Waals surface area contributed by atoms with Gasteiger partial charge in [0.05, 0.1) is 13.0 Å². The molecule has 1 unspecified atom stereocenters. The molecule has 0 bridgehead atoms. The highest BCUT2D eigenvalue weighted by atomic mass is 79.9. The lowest BCUT2D eigenvalue weighted by Gasteiger charge is -2.31. The summed E-state index contributed by atoms with van der Waals surface area (Å²) >= 11 is 9.35. The Balaban J connectivity index is 1.62. The van der Waals surface area contributed by atoms with E-state index in [1.807, 2.05) is 6.07 Å². The van der Waals surface area contributed by atoms with Gasteiger partial charge in [0, 0.05) is 40.4 Å². The van der Waals surface area contributed by atoms with E-state index in [0.717, 1.165) is 22.9 Å². The highest BCUT2D eigenvalue weighted by Crippen LogP contribution is 2.24. The number of carbonyl (C=O) groups excluding carboxylic acids is 2. The average molecular weight is 479 g/mol. The molecule has 29 heavy (non-hydrogen) atoms. The van der Waals surface area contributed by atoms with Crippen LogP contribution in [0.4, 0.5) is 5.82 Å². The third-order valence-corrected chi connectivity index (χ3v) is 5.38. The Bertz CT molecular complexity index is 918. The molecule has 1 aromatic heterocycles. The maximum Gasteiger partial charge on any atom is 0.246 e. The lowest BCUT2D eigenvalue weighted by Crippen LogP contribution is -2.43. The number of amides is 2. The van der Waals surface area contributed by atoms with E-state index in [1.165, 1.54) is 6.08 Å². The van der Waals surface area contributed by atoms with Crippen LogP contribution < -0.4 is 10.1 Å². The number of rotatable bonds is 5. The average Bonchev–Trinajstić information content (AvgIpc) is 2.73. The van der Waals surface area contributed by atoms with E-state index in [-0.39, 0.29) is 17.7 Å². The first kappa shape index (κ1) is 21.3. The molecule has 0 radical (unpaired) electrons. The number of benzene rings is 1. The zero-order chi connectivity index (χ0) is 20.8. The van der Waals surface area contributed by atoms with Gasteiger partial charge in [-0.25, -0.2) is 4.98 Å². The summed E-state index contributed by atoms with van der Waals surface area (Å²) in [5.74, 6) is 0.585. The van der Waals surface area contributed by atoms with Crippen molar-refractivity contribution in [1.82, 2.24) is 9.88 Å². The molecule has 1 fully saturated rings. The number of ether oxygens (including phenoxy) is 1. The molecule has 1 aromatic carbocycles. The molecular formula is C21H21BrClN3O3. The van der Waals surface area contributed by atoms with E-state index in [0.29, 0.717) is 29.7 Å². The lowest BCUT2D eigenvalue weighted by atomic mass is 9.97. The van der Waals surface area contributed by atoms with E-state index in [1.54, 1.807) is 48.5 Å². The number of halogens is 2. The highest BCUT2D eigenvalue weighted by Gasteiger charge is 2.27. The van der Waals surface area contributed by atoms with E-state index in [9.17, 15) is 9.59 Å². The van der Waals surface area contributed by atoms with Crippen molar-refractivity contribution in [3.8, 4) is 5.75 Å². The number of pyridine rings is 1. The number of nitrogens with zero attached hydrogens (tertiary/aromatic N) is 2. The van der Waals surface area contributed by atoms with Crippen molar-refractivity contribution in [2.24, 2.45) is 5.92 Å². The standard InChI is InChI=1S/C21H21BrClN3O3/c1-29-18-7-6-17(23)11-14(18)4-9-20(27)26-10-2-3-15(13-26)21(28)25-19-8-5-16(22)12-24-19/h4-9,11-12,15H,2-3,10,13H2,1H3,(H,24,25,28). The minimum Gasteiger partial charge on any atom is -0.496 e. The van der Waals surface area contributed by atoms with Crippen LogP contribution >= 0.6 is 27.5 Å². The Morgan fingerprint density at radius 2 is 2.17 bits per heavy atom. The summed E-state index contributed by atoms with van der Waals surface area (Å²) < 4.78 is 6.13. The van der Waals surface area contributed by atoms with Crippen LogP contribution in [-0.4, -0.2) is 41.9 Å². The molecule has 3 rings (SSSR count). The van der Waals surface area contributed by atoms with Crippen molar-refractivity contribution in [2.45, 2.75) is 12.8 Å². The quantitative estimate of drug-likeness (QED) is 0.647. The van der Waals surface area contributed by atoms with Gasteiger partial charge in [0.2, 0.25) is 11.8 Å². The Hall–Kier alpha value is -2.38. The molecule has 0 saturated carbocycles. The Morgan fingerprint density at radius 3 is 2.90 bits per heavy atom. The maximum absolute atomic E-state index is 12.6. The van der Waals surface area contributed by atoms with E-state index in [4.69, 9.17) is 16.3 Å². The van der Waals surface area contributed by atoms with E-state index < -0.39 is 0 Å². The molecule has 0 spiro atoms. The van der Waals surface area contributed by atoms with Crippen LogP contribution in [-0.2, 0) is 9.59 Å². The fraction of sp³-hybridized carbons (Fsp3) is 0.286. The number of aromatic nitrogens is 1. The first-order chi connectivity index (χ1) is 14.0. The van der Waals surface area contributed by atoms with Gasteiger partial charge in [-0.1, -0.05) is 11.6 Å². The summed E-state index contributed by atoms with van der Waals surface area (Å²) in [4.78, 5) is 31.1. The van der Waals surface area contributed by atoms with Crippen molar-refractivity contribution in [2.75, 3.05) is 25.5 Å². The van der Waals surface area contributed by atoms with Gasteiger partial charge in [0.1, 0.15) is 11.6 Å². The fourth-order valence-corrected chi connectivity index (χ4v) is 3.59. The normalized spacial score (nSPS) is 16.7. The van der Waals surface area contributed by atoms with Gasteiger partial charge in [-0.15, -0.1) is 0 Å². The second kappa shape index (κ2) is 9.89. The van der Waals surface area contributed by atoms with Crippen molar-refractivity contribution in [1.29, 1.82) is 0 Å². The number of piperidine rings is 1. The molecular weight excluding hydrogens is 458 g/mol. The lowest BCUT2D eigenvalue weighted by molar-refractivity contribution is -0.130. The number of hydrogen-bond acceptors (Lipinski definition) is 4. The molecule has 1 aliphatic heterocycles. The monoisotopic (exact) mass is 477 g/mol. The third-order valence-electron chi connectivity index (χ3n) is 4.68. The number of carbonyl (C=O) groups is 2. The number of likely N-dealkylation sites (tertiary alicyclic amines) is 1. The van der Waals surface area contributed by atoms with Crippen LogP contribution in [0.5, 0.6) is 5.75 Å². The zero-order valence-corrected chi connectivity index (χ0v) is 18.2. The molecule has 6 nitrogen and oxygen atoms in total. The van der Waals surface area contributed by atoms with Crippen molar-refractivity contribution in [3.05, 3.63) is 57.7 Å². The zero-order valence-electron chi connectivity index (χ0n) is 15.9. The van der Waals surface area contributed by atoms with Gasteiger partial charge in [-0.3, -0.25) is 9.59 Å². The van der Waals surface area contributed by atoms with Crippen molar-refractivity contribution < 1.29 is 14.3 Å². The summed E-state index contributed by atoms with van der Waals surface area (Å²) in [6, 6.07) is 8.77. The third kappa shape index (κ3) is 5.81. The number of methoxy groups -OCH3 is 1. The predicted octanol–water partition coefficient (Wildman–Crippen LogP) is 4.40. The second-order valence-electron chi connectivity index (χ2n) is 6.69. The molecule has 1 saturated heterocycles. The summed E-state index contributed by atoms with van der Waals surface area (Å²) in [6.45, 7) is 0.994. The largest absolute Gasteiger partial charge is 0.496 e.